The van der Waals surface area contributed by atoms with E-state index in [9.17, 15) is 4.79 Å². The fraction of sp³-hybridized carbons (Fsp3) is 0.900. The monoisotopic (exact) mass is 167 g/mol. The highest BCUT2D eigenvalue weighted by atomic mass is 16.1. The van der Waals surface area contributed by atoms with Crippen molar-refractivity contribution in [3.63, 3.8) is 0 Å². The molecule has 0 heterocycles. The average Bonchev–Trinajstić information content (AvgIpc) is 2.72. The first-order valence-corrected chi connectivity index (χ1v) is 5.00. The number of nitrogens with zero attached hydrogens (tertiary/aromatic N) is 1. The number of carbonyl (C=O) groups excluding carboxylic acids is 1. The summed E-state index contributed by atoms with van der Waals surface area (Å²) < 4.78 is 0. The van der Waals surface area contributed by atoms with Gasteiger partial charge in [0.15, 0.2) is 0 Å². The van der Waals surface area contributed by atoms with Crippen LogP contribution in [0.1, 0.15) is 32.1 Å². The van der Waals surface area contributed by atoms with E-state index in [0.717, 1.165) is 31.7 Å². The third-order valence-corrected chi connectivity index (χ3v) is 3.05. The molecule has 2 aliphatic carbocycles. The molecule has 2 fully saturated rings. The molecule has 0 amide bonds. The zero-order valence-electron chi connectivity index (χ0n) is 7.75. The SMILES string of the molecule is CN(CC1CC1)C1CCCC1=O. The molecule has 2 heteroatoms. The predicted molar refractivity (Wildman–Crippen MR) is 48.0 cm³/mol. The van der Waals surface area contributed by atoms with Gasteiger partial charge in [-0.2, -0.15) is 0 Å². The summed E-state index contributed by atoms with van der Waals surface area (Å²) in [6.45, 7) is 1.15. The molecule has 12 heavy (non-hydrogen) atoms. The number of ketones is 1. The van der Waals surface area contributed by atoms with Crippen LogP contribution >= 0.6 is 0 Å². The molecule has 2 rings (SSSR count). The molecule has 2 nitrogen and oxygen atoms in total. The second kappa shape index (κ2) is 3.17. The van der Waals surface area contributed by atoms with Gasteiger partial charge in [-0.3, -0.25) is 9.69 Å². The van der Waals surface area contributed by atoms with Gasteiger partial charge in [-0.05, 0) is 38.6 Å². The summed E-state index contributed by atoms with van der Waals surface area (Å²) in [5.74, 6) is 1.38. The molecule has 0 saturated heterocycles. The van der Waals surface area contributed by atoms with Crippen LogP contribution in [-0.2, 0) is 4.79 Å². The Morgan fingerprint density at radius 2 is 2.17 bits per heavy atom. The van der Waals surface area contributed by atoms with E-state index >= 15 is 0 Å². The molecule has 0 radical (unpaired) electrons. The van der Waals surface area contributed by atoms with Crippen LogP contribution in [0.5, 0.6) is 0 Å². The van der Waals surface area contributed by atoms with Crippen molar-refractivity contribution >= 4 is 5.78 Å². The third-order valence-electron chi connectivity index (χ3n) is 3.05. The lowest BCUT2D eigenvalue weighted by molar-refractivity contribution is -0.121. The molecule has 0 N–H and O–H groups in total. The van der Waals surface area contributed by atoms with Crippen molar-refractivity contribution in [1.29, 1.82) is 0 Å². The lowest BCUT2D eigenvalue weighted by Crippen LogP contribution is -2.36. The zero-order chi connectivity index (χ0) is 8.55. The van der Waals surface area contributed by atoms with Crippen LogP contribution in [0.2, 0.25) is 0 Å². The van der Waals surface area contributed by atoms with E-state index in [4.69, 9.17) is 0 Å². The van der Waals surface area contributed by atoms with Crippen LogP contribution in [0.25, 0.3) is 0 Å². The van der Waals surface area contributed by atoms with Gasteiger partial charge in [0.25, 0.3) is 0 Å². The number of hydrogen-bond donors (Lipinski definition) is 0. The van der Waals surface area contributed by atoms with E-state index in [1.165, 1.54) is 12.8 Å². The van der Waals surface area contributed by atoms with E-state index in [-0.39, 0.29) is 6.04 Å². The number of Topliss-reactive ketones (excluding diaryl/α,β-unsaturated/α-hetero) is 1. The second-order valence-electron chi connectivity index (χ2n) is 4.26. The molecule has 0 bridgehead atoms. The molecule has 0 aliphatic heterocycles. The van der Waals surface area contributed by atoms with Crippen LogP contribution in [0.4, 0.5) is 0 Å². The van der Waals surface area contributed by atoms with Crippen LogP contribution in [0.3, 0.4) is 0 Å². The van der Waals surface area contributed by atoms with E-state index in [0.29, 0.717) is 5.78 Å². The first kappa shape index (κ1) is 8.24. The van der Waals surface area contributed by atoms with Crippen LogP contribution in [-0.4, -0.2) is 30.3 Å². The highest BCUT2D eigenvalue weighted by molar-refractivity contribution is 5.85. The number of likely N-dealkylation sites (N-methyl/N-ethyl adjacent to an activating group) is 1. The third kappa shape index (κ3) is 1.69. The van der Waals surface area contributed by atoms with E-state index in [2.05, 4.69) is 11.9 Å². The zero-order valence-corrected chi connectivity index (χ0v) is 7.75. The van der Waals surface area contributed by atoms with Crippen LogP contribution in [0, 0.1) is 5.92 Å². The van der Waals surface area contributed by atoms with Gasteiger partial charge in [-0.15, -0.1) is 0 Å². The van der Waals surface area contributed by atoms with Gasteiger partial charge in [0.1, 0.15) is 5.78 Å². The molecule has 0 aromatic rings. The lowest BCUT2D eigenvalue weighted by atomic mass is 10.2. The van der Waals surface area contributed by atoms with Gasteiger partial charge < -0.3 is 0 Å². The number of rotatable bonds is 3. The first-order valence-electron chi connectivity index (χ1n) is 5.00. The van der Waals surface area contributed by atoms with Gasteiger partial charge >= 0.3 is 0 Å². The molecular formula is C10H17NO. The summed E-state index contributed by atoms with van der Waals surface area (Å²) in [6, 6.07) is 0.269. The fourth-order valence-corrected chi connectivity index (χ4v) is 2.10. The summed E-state index contributed by atoms with van der Waals surface area (Å²) in [6.07, 6.45) is 5.79. The Labute approximate surface area is 73.9 Å². The predicted octanol–water partition coefficient (Wildman–Crippen LogP) is 1.45. The lowest BCUT2D eigenvalue weighted by Gasteiger charge is -2.22. The molecule has 2 saturated carbocycles. The first-order chi connectivity index (χ1) is 5.77. The Hall–Kier alpha value is -0.370. The van der Waals surface area contributed by atoms with Crippen LogP contribution < -0.4 is 0 Å². The summed E-state index contributed by atoms with van der Waals surface area (Å²) in [4.78, 5) is 13.6. The van der Waals surface area contributed by atoms with E-state index in [1.54, 1.807) is 0 Å². The maximum atomic E-state index is 11.4. The van der Waals surface area contributed by atoms with E-state index in [1.807, 2.05) is 0 Å². The van der Waals surface area contributed by atoms with Gasteiger partial charge in [0, 0.05) is 13.0 Å². The largest absolute Gasteiger partial charge is 0.298 e. The number of hydrogen-bond acceptors (Lipinski definition) is 2. The molecule has 0 aromatic carbocycles. The van der Waals surface area contributed by atoms with E-state index < -0.39 is 0 Å². The second-order valence-corrected chi connectivity index (χ2v) is 4.26. The highest BCUT2D eigenvalue weighted by Gasteiger charge is 2.31. The topological polar surface area (TPSA) is 20.3 Å². The van der Waals surface area contributed by atoms with Gasteiger partial charge in [0.2, 0.25) is 0 Å². The Kier molecular flexibility index (Phi) is 2.18. The molecule has 68 valence electrons. The van der Waals surface area contributed by atoms with Crippen LogP contribution in [0.15, 0.2) is 0 Å². The molecule has 1 atom stereocenters. The van der Waals surface area contributed by atoms with Crippen molar-refractivity contribution in [1.82, 2.24) is 4.90 Å². The van der Waals surface area contributed by atoms with Crippen molar-refractivity contribution in [2.24, 2.45) is 5.92 Å². The van der Waals surface area contributed by atoms with Crippen molar-refractivity contribution in [2.75, 3.05) is 13.6 Å². The highest BCUT2D eigenvalue weighted by Crippen LogP contribution is 2.31. The molecular weight excluding hydrogens is 150 g/mol. The summed E-state index contributed by atoms with van der Waals surface area (Å²) in [5.41, 5.74) is 0. The minimum absolute atomic E-state index is 0.269. The van der Waals surface area contributed by atoms with Gasteiger partial charge in [-0.1, -0.05) is 0 Å². The maximum absolute atomic E-state index is 11.4. The maximum Gasteiger partial charge on any atom is 0.149 e. The number of carbonyl (C=O) groups is 1. The Bertz CT molecular complexity index is 186. The summed E-state index contributed by atoms with van der Waals surface area (Å²) in [7, 11) is 2.10. The molecule has 0 aromatic heterocycles. The minimum Gasteiger partial charge on any atom is -0.298 e. The van der Waals surface area contributed by atoms with Crippen molar-refractivity contribution in [3.8, 4) is 0 Å². The van der Waals surface area contributed by atoms with Gasteiger partial charge in [-0.25, -0.2) is 0 Å². The molecule has 1 unspecified atom stereocenters. The molecule has 2 aliphatic rings. The molecule has 0 spiro atoms. The quantitative estimate of drug-likeness (QED) is 0.634. The van der Waals surface area contributed by atoms with Gasteiger partial charge in [0.05, 0.1) is 6.04 Å². The van der Waals surface area contributed by atoms with Crippen molar-refractivity contribution in [2.45, 2.75) is 38.1 Å². The Morgan fingerprint density at radius 3 is 2.67 bits per heavy atom. The fourth-order valence-electron chi connectivity index (χ4n) is 2.10. The average molecular weight is 167 g/mol. The van der Waals surface area contributed by atoms with Crippen molar-refractivity contribution < 1.29 is 4.79 Å². The minimum atomic E-state index is 0.269. The smallest absolute Gasteiger partial charge is 0.149 e. The Balaban J connectivity index is 1.84. The van der Waals surface area contributed by atoms with Crippen molar-refractivity contribution in [3.05, 3.63) is 0 Å². The summed E-state index contributed by atoms with van der Waals surface area (Å²) >= 11 is 0. The summed E-state index contributed by atoms with van der Waals surface area (Å²) in [5, 5.41) is 0. The normalized spacial score (nSPS) is 30.2. The standard InChI is InChI=1S/C10H17NO/c1-11(7-8-5-6-8)9-3-2-4-10(9)12/h8-9H,2-7H2,1H3. The Morgan fingerprint density at radius 1 is 1.42 bits per heavy atom.